The topological polar surface area (TPSA) is 43.4 Å². The van der Waals surface area contributed by atoms with Crippen LogP contribution in [0.2, 0.25) is 0 Å². The molecule has 5 heteroatoms. The van der Waals surface area contributed by atoms with Gasteiger partial charge in [0.1, 0.15) is 0 Å². The standard InChI is InChI=1S/C14H26O3S2/c1-4-6-8-10-18-13(16)14(17-12(3)15)19-11-9-7-5-2/h14H,4-11H2,1-3H3. The van der Waals surface area contributed by atoms with E-state index in [2.05, 4.69) is 13.8 Å². The zero-order valence-electron chi connectivity index (χ0n) is 12.3. The van der Waals surface area contributed by atoms with Crippen molar-refractivity contribution in [3.05, 3.63) is 0 Å². The maximum absolute atomic E-state index is 12.0. The third kappa shape index (κ3) is 11.4. The molecule has 3 nitrogen and oxygen atoms in total. The van der Waals surface area contributed by atoms with Crippen molar-refractivity contribution in [1.82, 2.24) is 0 Å². The van der Waals surface area contributed by atoms with Gasteiger partial charge in [0.15, 0.2) is 0 Å². The van der Waals surface area contributed by atoms with Crippen molar-refractivity contribution in [2.45, 2.75) is 64.7 Å². The first-order chi connectivity index (χ1) is 9.11. The molecule has 0 aromatic rings. The molecule has 0 saturated heterocycles. The van der Waals surface area contributed by atoms with Gasteiger partial charge in [-0.15, -0.1) is 11.8 Å². The van der Waals surface area contributed by atoms with E-state index in [1.165, 1.54) is 30.4 Å². The Bertz CT molecular complexity index is 257. The molecule has 0 N–H and O–H groups in total. The van der Waals surface area contributed by atoms with E-state index in [1.807, 2.05) is 0 Å². The second kappa shape index (κ2) is 12.9. The molecule has 0 spiro atoms. The van der Waals surface area contributed by atoms with E-state index >= 15 is 0 Å². The average Bonchev–Trinajstić information content (AvgIpc) is 2.37. The molecule has 0 saturated carbocycles. The maximum atomic E-state index is 12.0. The Balaban J connectivity index is 4.00. The van der Waals surface area contributed by atoms with E-state index in [4.69, 9.17) is 4.74 Å². The third-order valence-corrected chi connectivity index (χ3v) is 4.75. The SMILES string of the molecule is CCCCCSC(=O)C(OC(C)=O)SCCCCC. The molecule has 1 unspecified atom stereocenters. The summed E-state index contributed by atoms with van der Waals surface area (Å²) in [6.07, 6.45) is 6.69. The fraction of sp³-hybridized carbons (Fsp3) is 0.857. The fourth-order valence-corrected chi connectivity index (χ4v) is 3.50. The minimum atomic E-state index is -0.624. The van der Waals surface area contributed by atoms with Crippen LogP contribution < -0.4 is 0 Å². The van der Waals surface area contributed by atoms with Gasteiger partial charge in [0.25, 0.3) is 0 Å². The van der Waals surface area contributed by atoms with Gasteiger partial charge in [-0.3, -0.25) is 9.59 Å². The predicted molar refractivity (Wildman–Crippen MR) is 84.5 cm³/mol. The molecule has 0 aliphatic heterocycles. The second-order valence-corrected chi connectivity index (χ2v) is 6.66. The van der Waals surface area contributed by atoms with Gasteiger partial charge in [-0.2, -0.15) is 0 Å². The first-order valence-electron chi connectivity index (χ1n) is 7.07. The number of carbonyl (C=O) groups excluding carboxylic acids is 2. The third-order valence-electron chi connectivity index (χ3n) is 2.47. The summed E-state index contributed by atoms with van der Waals surface area (Å²) in [6, 6.07) is 0. The number of unbranched alkanes of at least 4 members (excludes halogenated alkanes) is 4. The Kier molecular flexibility index (Phi) is 12.7. The lowest BCUT2D eigenvalue weighted by Gasteiger charge is -2.14. The molecule has 0 aliphatic rings. The number of esters is 1. The van der Waals surface area contributed by atoms with Crippen molar-refractivity contribution in [3.63, 3.8) is 0 Å². The number of thioether (sulfide) groups is 2. The molecule has 0 rings (SSSR count). The van der Waals surface area contributed by atoms with Gasteiger partial charge in [-0.1, -0.05) is 51.3 Å². The molecular formula is C14H26O3S2. The first kappa shape index (κ1) is 18.8. The van der Waals surface area contributed by atoms with Crippen molar-refractivity contribution < 1.29 is 14.3 Å². The molecule has 0 amide bonds. The summed E-state index contributed by atoms with van der Waals surface area (Å²) >= 11 is 2.74. The number of ether oxygens (including phenoxy) is 1. The highest BCUT2D eigenvalue weighted by Crippen LogP contribution is 2.22. The summed E-state index contributed by atoms with van der Waals surface area (Å²) in [5.74, 6) is 1.31. The molecule has 0 radical (unpaired) electrons. The van der Waals surface area contributed by atoms with Crippen LogP contribution >= 0.6 is 23.5 Å². The minimum absolute atomic E-state index is 0.0206. The van der Waals surface area contributed by atoms with Crippen LogP contribution in [0.25, 0.3) is 0 Å². The lowest BCUT2D eigenvalue weighted by Crippen LogP contribution is -2.21. The fourth-order valence-electron chi connectivity index (χ4n) is 1.44. The highest BCUT2D eigenvalue weighted by atomic mass is 32.2. The van der Waals surface area contributed by atoms with Crippen molar-refractivity contribution >= 4 is 34.6 Å². The van der Waals surface area contributed by atoms with Crippen LogP contribution in [-0.4, -0.2) is 28.0 Å². The van der Waals surface area contributed by atoms with Gasteiger partial charge in [-0.25, -0.2) is 0 Å². The molecular weight excluding hydrogens is 280 g/mol. The Morgan fingerprint density at radius 3 is 2.11 bits per heavy atom. The molecule has 0 aliphatic carbocycles. The Labute approximate surface area is 125 Å². The normalized spacial score (nSPS) is 12.2. The zero-order chi connectivity index (χ0) is 14.5. The molecule has 0 aromatic heterocycles. The summed E-state index contributed by atoms with van der Waals surface area (Å²) in [5.41, 5.74) is -0.624. The first-order valence-corrected chi connectivity index (χ1v) is 9.10. The van der Waals surface area contributed by atoms with E-state index in [-0.39, 0.29) is 11.1 Å². The van der Waals surface area contributed by atoms with E-state index in [0.29, 0.717) is 0 Å². The van der Waals surface area contributed by atoms with Crippen LogP contribution in [-0.2, 0) is 14.3 Å². The van der Waals surface area contributed by atoms with Crippen LogP contribution in [0.1, 0.15) is 59.3 Å². The second-order valence-electron chi connectivity index (χ2n) is 4.39. The maximum Gasteiger partial charge on any atom is 0.304 e. The zero-order valence-corrected chi connectivity index (χ0v) is 13.9. The molecule has 1 atom stereocenters. The lowest BCUT2D eigenvalue weighted by molar-refractivity contribution is -0.145. The van der Waals surface area contributed by atoms with E-state index in [0.717, 1.165) is 50.0 Å². The molecule has 0 aromatic carbocycles. The molecule has 0 fully saturated rings. The van der Waals surface area contributed by atoms with Crippen molar-refractivity contribution in [2.75, 3.05) is 11.5 Å². The van der Waals surface area contributed by atoms with Gasteiger partial charge >= 0.3 is 5.97 Å². The number of carbonyl (C=O) groups is 2. The number of hydrogen-bond donors (Lipinski definition) is 0. The van der Waals surface area contributed by atoms with E-state index in [1.54, 1.807) is 0 Å². The Hall–Kier alpha value is -0.160. The van der Waals surface area contributed by atoms with Crippen LogP contribution in [0.15, 0.2) is 0 Å². The van der Waals surface area contributed by atoms with Crippen molar-refractivity contribution in [3.8, 4) is 0 Å². The monoisotopic (exact) mass is 306 g/mol. The minimum Gasteiger partial charge on any atom is -0.442 e. The van der Waals surface area contributed by atoms with Gasteiger partial charge in [0.2, 0.25) is 10.6 Å². The van der Waals surface area contributed by atoms with E-state index in [9.17, 15) is 9.59 Å². The molecule has 0 heterocycles. The predicted octanol–water partition coefficient (Wildman–Crippen LogP) is 4.25. The Morgan fingerprint density at radius 2 is 1.58 bits per heavy atom. The highest BCUT2D eigenvalue weighted by molar-refractivity contribution is 8.16. The van der Waals surface area contributed by atoms with Gasteiger partial charge < -0.3 is 4.74 Å². The summed E-state index contributed by atoms with van der Waals surface area (Å²) in [7, 11) is 0. The highest BCUT2D eigenvalue weighted by Gasteiger charge is 2.21. The van der Waals surface area contributed by atoms with Gasteiger partial charge in [-0.05, 0) is 18.6 Å². The summed E-state index contributed by atoms with van der Waals surface area (Å²) in [6.45, 7) is 5.63. The largest absolute Gasteiger partial charge is 0.442 e. The Morgan fingerprint density at radius 1 is 1.00 bits per heavy atom. The average molecular weight is 306 g/mol. The summed E-state index contributed by atoms with van der Waals surface area (Å²) in [5, 5.41) is -0.0206. The summed E-state index contributed by atoms with van der Waals surface area (Å²) < 4.78 is 5.10. The smallest absolute Gasteiger partial charge is 0.304 e. The van der Waals surface area contributed by atoms with Crippen LogP contribution in [0.4, 0.5) is 0 Å². The quantitative estimate of drug-likeness (QED) is 0.324. The van der Waals surface area contributed by atoms with Crippen LogP contribution in [0.5, 0.6) is 0 Å². The van der Waals surface area contributed by atoms with Gasteiger partial charge in [0, 0.05) is 12.7 Å². The molecule has 0 bridgehead atoms. The van der Waals surface area contributed by atoms with Crippen LogP contribution in [0.3, 0.4) is 0 Å². The van der Waals surface area contributed by atoms with E-state index < -0.39 is 5.44 Å². The van der Waals surface area contributed by atoms with Crippen LogP contribution in [0, 0.1) is 0 Å². The van der Waals surface area contributed by atoms with Gasteiger partial charge in [0.05, 0.1) is 0 Å². The lowest BCUT2D eigenvalue weighted by atomic mass is 10.3. The van der Waals surface area contributed by atoms with Crippen molar-refractivity contribution in [2.24, 2.45) is 0 Å². The number of rotatable bonds is 11. The molecule has 19 heavy (non-hydrogen) atoms. The van der Waals surface area contributed by atoms with Crippen molar-refractivity contribution in [1.29, 1.82) is 0 Å². The molecule has 112 valence electrons. The number of hydrogen-bond acceptors (Lipinski definition) is 5. The summed E-state index contributed by atoms with van der Waals surface area (Å²) in [4.78, 5) is 23.0.